The van der Waals surface area contributed by atoms with Gasteiger partial charge in [-0.3, -0.25) is 4.98 Å². The summed E-state index contributed by atoms with van der Waals surface area (Å²) in [7, 11) is -3.42. The molecule has 0 aliphatic carbocycles. The SMILES string of the molecule is CCNC(=NCCOc1cccnc1)N1CCN(S(=O)(=O)Cc2ccon2)CC1.I. The Hall–Kier alpha value is -1.93. The van der Waals surface area contributed by atoms with E-state index in [-0.39, 0.29) is 29.7 Å². The molecule has 1 fully saturated rings. The fraction of sp³-hybridized carbons (Fsp3) is 0.500. The first-order valence-electron chi connectivity index (χ1n) is 9.51. The van der Waals surface area contributed by atoms with Crippen LogP contribution in [0.2, 0.25) is 0 Å². The van der Waals surface area contributed by atoms with E-state index in [1.165, 1.54) is 10.6 Å². The number of sulfonamides is 1. The summed E-state index contributed by atoms with van der Waals surface area (Å²) in [4.78, 5) is 10.7. The second-order valence-electron chi connectivity index (χ2n) is 6.41. The van der Waals surface area contributed by atoms with Crippen LogP contribution in [0.15, 0.2) is 46.4 Å². The lowest BCUT2D eigenvalue weighted by Gasteiger charge is -2.35. The summed E-state index contributed by atoms with van der Waals surface area (Å²) in [6.07, 6.45) is 4.73. The first-order chi connectivity index (χ1) is 14.1. The zero-order valence-electron chi connectivity index (χ0n) is 16.8. The number of hydrogen-bond acceptors (Lipinski definition) is 7. The van der Waals surface area contributed by atoms with Crippen molar-refractivity contribution < 1.29 is 17.7 Å². The number of hydrogen-bond donors (Lipinski definition) is 1. The maximum absolute atomic E-state index is 12.6. The average Bonchev–Trinajstić information content (AvgIpc) is 3.23. The van der Waals surface area contributed by atoms with E-state index in [4.69, 9.17) is 9.26 Å². The molecule has 2 aromatic heterocycles. The molecule has 1 aliphatic heterocycles. The number of aromatic nitrogens is 2. The summed E-state index contributed by atoms with van der Waals surface area (Å²) >= 11 is 0. The van der Waals surface area contributed by atoms with Crippen molar-refractivity contribution in [3.05, 3.63) is 42.5 Å². The monoisotopic (exact) mass is 550 g/mol. The predicted molar refractivity (Wildman–Crippen MR) is 123 cm³/mol. The highest BCUT2D eigenvalue weighted by Crippen LogP contribution is 2.13. The van der Waals surface area contributed by atoms with E-state index < -0.39 is 10.0 Å². The minimum Gasteiger partial charge on any atom is -0.490 e. The fourth-order valence-electron chi connectivity index (χ4n) is 2.94. The van der Waals surface area contributed by atoms with E-state index >= 15 is 0 Å². The lowest BCUT2D eigenvalue weighted by molar-refractivity contribution is 0.259. The van der Waals surface area contributed by atoms with Gasteiger partial charge in [0, 0.05) is 45.0 Å². The maximum atomic E-state index is 12.6. The number of guanidine groups is 1. The summed E-state index contributed by atoms with van der Waals surface area (Å²) in [5, 5.41) is 6.95. The first kappa shape index (κ1) is 24.3. The van der Waals surface area contributed by atoms with E-state index in [0.717, 1.165) is 12.5 Å². The Kier molecular flexibility index (Phi) is 9.78. The Morgan fingerprint density at radius 2 is 2.10 bits per heavy atom. The molecule has 12 heteroatoms. The highest BCUT2D eigenvalue weighted by atomic mass is 127. The van der Waals surface area contributed by atoms with Gasteiger partial charge in [0.1, 0.15) is 24.4 Å². The third-order valence-electron chi connectivity index (χ3n) is 4.34. The Balaban J connectivity index is 0.00000320. The van der Waals surface area contributed by atoms with Crippen molar-refractivity contribution in [2.75, 3.05) is 45.9 Å². The normalized spacial score (nSPS) is 15.5. The van der Waals surface area contributed by atoms with Gasteiger partial charge in [-0.15, -0.1) is 24.0 Å². The van der Waals surface area contributed by atoms with Gasteiger partial charge < -0.3 is 19.5 Å². The number of halogens is 1. The van der Waals surface area contributed by atoms with Crippen LogP contribution in [0, 0.1) is 0 Å². The van der Waals surface area contributed by atoms with Gasteiger partial charge in [-0.05, 0) is 19.1 Å². The van der Waals surface area contributed by atoms with Gasteiger partial charge in [-0.25, -0.2) is 13.4 Å². The molecule has 10 nitrogen and oxygen atoms in total. The van der Waals surface area contributed by atoms with Crippen molar-refractivity contribution in [2.24, 2.45) is 4.99 Å². The molecule has 1 aliphatic rings. The lowest BCUT2D eigenvalue weighted by Crippen LogP contribution is -2.54. The molecule has 166 valence electrons. The Morgan fingerprint density at radius 3 is 2.73 bits per heavy atom. The first-order valence-corrected chi connectivity index (χ1v) is 11.1. The van der Waals surface area contributed by atoms with E-state index in [1.807, 2.05) is 19.1 Å². The van der Waals surface area contributed by atoms with E-state index in [2.05, 4.69) is 25.3 Å². The second-order valence-corrected chi connectivity index (χ2v) is 8.37. The van der Waals surface area contributed by atoms with Crippen LogP contribution < -0.4 is 10.1 Å². The molecular weight excluding hydrogens is 523 g/mol. The average molecular weight is 550 g/mol. The van der Waals surface area contributed by atoms with Crippen LogP contribution in [-0.2, 0) is 15.8 Å². The van der Waals surface area contributed by atoms with Crippen LogP contribution in [0.5, 0.6) is 5.75 Å². The fourth-order valence-corrected chi connectivity index (χ4v) is 4.37. The molecule has 30 heavy (non-hydrogen) atoms. The highest BCUT2D eigenvalue weighted by molar-refractivity contribution is 14.0. The second kappa shape index (κ2) is 12.1. The molecule has 3 rings (SSSR count). The van der Waals surface area contributed by atoms with Crippen molar-refractivity contribution in [3.63, 3.8) is 0 Å². The van der Waals surface area contributed by atoms with Crippen molar-refractivity contribution in [3.8, 4) is 5.75 Å². The van der Waals surface area contributed by atoms with Gasteiger partial charge in [0.2, 0.25) is 10.0 Å². The number of nitrogens with one attached hydrogen (secondary N) is 1. The molecule has 1 saturated heterocycles. The van der Waals surface area contributed by atoms with Crippen molar-refractivity contribution in [1.29, 1.82) is 0 Å². The topological polar surface area (TPSA) is 113 Å². The van der Waals surface area contributed by atoms with Crippen LogP contribution in [0.4, 0.5) is 0 Å². The minimum atomic E-state index is -3.42. The molecule has 3 heterocycles. The van der Waals surface area contributed by atoms with Gasteiger partial charge in [0.05, 0.1) is 18.4 Å². The quantitative estimate of drug-likeness (QED) is 0.226. The van der Waals surface area contributed by atoms with E-state index in [9.17, 15) is 8.42 Å². The molecule has 0 radical (unpaired) electrons. The third-order valence-corrected chi connectivity index (χ3v) is 6.16. The van der Waals surface area contributed by atoms with Crippen molar-refractivity contribution in [2.45, 2.75) is 12.7 Å². The number of nitrogens with zero attached hydrogens (tertiary/aromatic N) is 5. The maximum Gasteiger partial charge on any atom is 0.220 e. The lowest BCUT2D eigenvalue weighted by atomic mass is 10.4. The van der Waals surface area contributed by atoms with Crippen LogP contribution in [0.1, 0.15) is 12.6 Å². The van der Waals surface area contributed by atoms with Crippen LogP contribution in [0.25, 0.3) is 0 Å². The third kappa shape index (κ3) is 7.09. The molecule has 1 N–H and O–H groups in total. The van der Waals surface area contributed by atoms with Gasteiger partial charge in [0.25, 0.3) is 0 Å². The predicted octanol–water partition coefficient (Wildman–Crippen LogP) is 1.18. The number of pyridine rings is 1. The Bertz CT molecular complexity index is 871. The number of rotatable bonds is 8. The van der Waals surface area contributed by atoms with Crippen LogP contribution in [0.3, 0.4) is 0 Å². The summed E-state index contributed by atoms with van der Waals surface area (Å²) in [6, 6.07) is 5.23. The highest BCUT2D eigenvalue weighted by Gasteiger charge is 2.28. The van der Waals surface area contributed by atoms with Gasteiger partial charge in [-0.2, -0.15) is 4.31 Å². The molecule has 0 amide bonds. The summed E-state index contributed by atoms with van der Waals surface area (Å²) < 4.78 is 36.9. The zero-order chi connectivity index (χ0) is 20.5. The molecule has 2 aromatic rings. The molecular formula is C18H27IN6O4S. The van der Waals surface area contributed by atoms with E-state index in [0.29, 0.717) is 50.8 Å². The van der Waals surface area contributed by atoms with Gasteiger partial charge in [-0.1, -0.05) is 5.16 Å². The summed E-state index contributed by atoms with van der Waals surface area (Å²) in [5.74, 6) is 1.32. The standard InChI is InChI=1S/C18H26N6O4S.HI/c1-2-20-18(21-7-13-27-17-4-3-6-19-14-17)23-8-10-24(11-9-23)29(25,26)15-16-5-12-28-22-16;/h3-6,12,14H,2,7-11,13,15H2,1H3,(H,20,21);1H. The Labute approximate surface area is 193 Å². The Morgan fingerprint density at radius 1 is 1.30 bits per heavy atom. The van der Waals surface area contributed by atoms with Gasteiger partial charge >= 0.3 is 0 Å². The number of ether oxygens (including phenoxy) is 1. The largest absolute Gasteiger partial charge is 0.490 e. The molecule has 0 saturated carbocycles. The van der Waals surface area contributed by atoms with Crippen molar-refractivity contribution in [1.82, 2.24) is 24.7 Å². The van der Waals surface area contributed by atoms with Crippen LogP contribution in [-0.4, -0.2) is 79.6 Å². The molecule has 0 atom stereocenters. The van der Waals surface area contributed by atoms with Crippen LogP contribution >= 0.6 is 24.0 Å². The molecule has 0 spiro atoms. The summed E-state index contributed by atoms with van der Waals surface area (Å²) in [6.45, 7) is 5.58. The molecule has 0 unspecified atom stereocenters. The summed E-state index contributed by atoms with van der Waals surface area (Å²) in [5.41, 5.74) is 0.413. The smallest absolute Gasteiger partial charge is 0.220 e. The molecule has 0 bridgehead atoms. The molecule has 0 aromatic carbocycles. The number of aliphatic imine (C=N–C) groups is 1. The number of piperazine rings is 1. The van der Waals surface area contributed by atoms with Crippen molar-refractivity contribution >= 4 is 40.0 Å². The van der Waals surface area contributed by atoms with E-state index in [1.54, 1.807) is 18.5 Å². The minimum absolute atomic E-state index is 0. The zero-order valence-corrected chi connectivity index (χ0v) is 20.0. The van der Waals surface area contributed by atoms with Gasteiger partial charge in [0.15, 0.2) is 5.96 Å².